The van der Waals surface area contributed by atoms with Gasteiger partial charge in [0.2, 0.25) is 0 Å². The van der Waals surface area contributed by atoms with Gasteiger partial charge in [0.1, 0.15) is 6.10 Å². The fraction of sp³-hybridized carbons (Fsp3) is 0.812. The van der Waals surface area contributed by atoms with Crippen molar-refractivity contribution < 1.29 is 29.0 Å². The second-order valence-electron chi connectivity index (χ2n) is 6.78. The predicted octanol–water partition coefficient (Wildman–Crippen LogP) is 1.36. The lowest BCUT2D eigenvalue weighted by Crippen LogP contribution is -2.53. The van der Waals surface area contributed by atoms with Crippen molar-refractivity contribution in [3.63, 3.8) is 0 Å². The summed E-state index contributed by atoms with van der Waals surface area (Å²) in [5.41, 5.74) is 0. The van der Waals surface area contributed by atoms with Crippen molar-refractivity contribution in [1.82, 2.24) is 4.90 Å². The van der Waals surface area contributed by atoms with Crippen LogP contribution in [-0.2, 0) is 19.1 Å². The van der Waals surface area contributed by atoms with Crippen molar-refractivity contribution in [2.45, 2.75) is 32.8 Å². The van der Waals surface area contributed by atoms with Crippen molar-refractivity contribution in [3.8, 4) is 0 Å². The number of carbonyl (C=O) groups is 3. The van der Waals surface area contributed by atoms with Gasteiger partial charge in [-0.2, -0.15) is 0 Å². The molecule has 3 aliphatic rings. The summed E-state index contributed by atoms with van der Waals surface area (Å²) in [6.07, 6.45) is 0.517. The highest BCUT2D eigenvalue weighted by Gasteiger charge is 2.57. The molecule has 0 aromatic heterocycles. The summed E-state index contributed by atoms with van der Waals surface area (Å²) in [5, 5.41) is 9.72. The number of hydrogen-bond acceptors (Lipinski definition) is 5. The molecule has 0 bridgehead atoms. The van der Waals surface area contributed by atoms with E-state index in [0.717, 1.165) is 0 Å². The molecular formula is C16H23NO6. The van der Waals surface area contributed by atoms with E-state index in [-0.39, 0.29) is 41.8 Å². The molecule has 0 aromatic rings. The number of rotatable bonds is 2. The van der Waals surface area contributed by atoms with Gasteiger partial charge in [0.05, 0.1) is 18.4 Å². The molecule has 2 heterocycles. The number of esters is 1. The van der Waals surface area contributed by atoms with Gasteiger partial charge in [-0.15, -0.1) is 0 Å². The number of amides is 1. The molecule has 1 N–H and O–H groups in total. The first-order valence-corrected chi connectivity index (χ1v) is 8.29. The molecule has 0 aromatic carbocycles. The maximum absolute atomic E-state index is 12.1. The van der Waals surface area contributed by atoms with E-state index < -0.39 is 11.9 Å². The summed E-state index contributed by atoms with van der Waals surface area (Å²) >= 11 is 0. The van der Waals surface area contributed by atoms with E-state index in [0.29, 0.717) is 32.5 Å². The number of ether oxygens (including phenoxy) is 2. The minimum Gasteiger partial charge on any atom is -0.481 e. The molecule has 23 heavy (non-hydrogen) atoms. The van der Waals surface area contributed by atoms with Crippen LogP contribution in [0.4, 0.5) is 4.79 Å². The lowest BCUT2D eigenvalue weighted by Gasteiger charge is -2.47. The van der Waals surface area contributed by atoms with Crippen LogP contribution in [0.25, 0.3) is 0 Å². The molecule has 2 saturated heterocycles. The number of cyclic esters (lactones) is 1. The Morgan fingerprint density at radius 2 is 2.17 bits per heavy atom. The Morgan fingerprint density at radius 3 is 2.83 bits per heavy atom. The Morgan fingerprint density at radius 1 is 1.43 bits per heavy atom. The zero-order chi connectivity index (χ0) is 16.7. The van der Waals surface area contributed by atoms with Crippen LogP contribution in [-0.4, -0.2) is 53.8 Å². The highest BCUT2D eigenvalue weighted by atomic mass is 16.6. The van der Waals surface area contributed by atoms with Crippen LogP contribution >= 0.6 is 0 Å². The molecule has 128 valence electrons. The Bertz CT molecular complexity index is 521. The Balaban J connectivity index is 1.81. The molecular weight excluding hydrogens is 302 g/mol. The molecule has 0 spiro atoms. The number of likely N-dealkylation sites (tertiary alicyclic amines) is 1. The van der Waals surface area contributed by atoms with E-state index >= 15 is 0 Å². The summed E-state index contributed by atoms with van der Waals surface area (Å²) in [6.45, 7) is 4.82. The third-order valence-corrected chi connectivity index (χ3v) is 5.65. The zero-order valence-electron chi connectivity index (χ0n) is 13.4. The summed E-state index contributed by atoms with van der Waals surface area (Å²) in [5.74, 6) is -2.36. The minimum absolute atomic E-state index is 0.00774. The molecule has 1 amide bonds. The second kappa shape index (κ2) is 6.02. The SMILES string of the molecule is CCOC(=O)N1CCC2[C@H](C[C@H]3C(=O)O[C@H](C)[C@H]3[C@H]2C(=O)O)C1. The van der Waals surface area contributed by atoms with Crippen LogP contribution in [0.5, 0.6) is 0 Å². The first kappa shape index (κ1) is 16.1. The number of piperidine rings is 1. The molecule has 7 heteroatoms. The quantitative estimate of drug-likeness (QED) is 0.771. The lowest BCUT2D eigenvalue weighted by molar-refractivity contribution is -0.153. The molecule has 0 radical (unpaired) electrons. The summed E-state index contributed by atoms with van der Waals surface area (Å²) in [4.78, 5) is 37.5. The van der Waals surface area contributed by atoms with Crippen LogP contribution in [0.3, 0.4) is 0 Å². The van der Waals surface area contributed by atoms with E-state index in [4.69, 9.17) is 9.47 Å². The topological polar surface area (TPSA) is 93.1 Å². The average molecular weight is 325 g/mol. The third kappa shape index (κ3) is 2.66. The maximum atomic E-state index is 12.1. The van der Waals surface area contributed by atoms with Gasteiger partial charge in [-0.1, -0.05) is 0 Å². The van der Waals surface area contributed by atoms with E-state index in [1.54, 1.807) is 18.7 Å². The fourth-order valence-corrected chi connectivity index (χ4v) is 4.74. The minimum atomic E-state index is -0.857. The smallest absolute Gasteiger partial charge is 0.409 e. The number of nitrogens with zero attached hydrogens (tertiary/aromatic N) is 1. The van der Waals surface area contributed by atoms with Crippen molar-refractivity contribution in [3.05, 3.63) is 0 Å². The van der Waals surface area contributed by atoms with Gasteiger partial charge < -0.3 is 19.5 Å². The van der Waals surface area contributed by atoms with Gasteiger partial charge in [-0.05, 0) is 38.5 Å². The van der Waals surface area contributed by atoms with Crippen molar-refractivity contribution in [2.75, 3.05) is 19.7 Å². The van der Waals surface area contributed by atoms with Gasteiger partial charge in [0.25, 0.3) is 0 Å². The normalized spacial score (nSPS) is 39.2. The van der Waals surface area contributed by atoms with Crippen molar-refractivity contribution >= 4 is 18.0 Å². The molecule has 1 aliphatic carbocycles. The molecule has 1 saturated carbocycles. The molecule has 3 rings (SSSR count). The predicted molar refractivity (Wildman–Crippen MR) is 78.5 cm³/mol. The van der Waals surface area contributed by atoms with Crippen LogP contribution in [0.15, 0.2) is 0 Å². The van der Waals surface area contributed by atoms with Gasteiger partial charge in [0, 0.05) is 19.0 Å². The number of hydrogen-bond donors (Lipinski definition) is 1. The van der Waals surface area contributed by atoms with Crippen LogP contribution < -0.4 is 0 Å². The number of carboxylic acid groups (broad SMARTS) is 1. The number of carboxylic acids is 1. The van der Waals surface area contributed by atoms with Gasteiger partial charge >= 0.3 is 18.0 Å². The molecule has 1 unspecified atom stereocenters. The van der Waals surface area contributed by atoms with Gasteiger partial charge in [-0.3, -0.25) is 9.59 Å². The average Bonchev–Trinajstić information content (AvgIpc) is 2.79. The van der Waals surface area contributed by atoms with Gasteiger partial charge in [0.15, 0.2) is 0 Å². The Hall–Kier alpha value is -1.79. The lowest BCUT2D eigenvalue weighted by atomic mass is 9.59. The number of aliphatic carboxylic acids is 1. The fourth-order valence-electron chi connectivity index (χ4n) is 4.74. The van der Waals surface area contributed by atoms with E-state index in [9.17, 15) is 19.5 Å². The summed E-state index contributed by atoms with van der Waals surface area (Å²) in [6, 6.07) is 0. The van der Waals surface area contributed by atoms with Crippen LogP contribution in [0, 0.1) is 29.6 Å². The highest BCUT2D eigenvalue weighted by molar-refractivity contribution is 5.79. The van der Waals surface area contributed by atoms with E-state index in [2.05, 4.69) is 0 Å². The molecule has 7 nitrogen and oxygen atoms in total. The van der Waals surface area contributed by atoms with Crippen LogP contribution in [0.2, 0.25) is 0 Å². The monoisotopic (exact) mass is 325 g/mol. The second-order valence-corrected chi connectivity index (χ2v) is 6.78. The summed E-state index contributed by atoms with van der Waals surface area (Å²) in [7, 11) is 0. The standard InChI is InChI=1S/C16H23NO6/c1-3-22-16(21)17-5-4-10-9(7-17)6-11-12(13(10)14(18)19)8(2)23-15(11)20/h8-13H,3-7H2,1-2H3,(H,18,19)/t8-,9-,10?,11-,12-,13+/m1/s1. The highest BCUT2D eigenvalue weighted by Crippen LogP contribution is 2.51. The largest absolute Gasteiger partial charge is 0.481 e. The first-order valence-electron chi connectivity index (χ1n) is 8.29. The maximum Gasteiger partial charge on any atom is 0.409 e. The summed E-state index contributed by atoms with van der Waals surface area (Å²) < 4.78 is 10.3. The molecule has 2 aliphatic heterocycles. The van der Waals surface area contributed by atoms with Gasteiger partial charge in [-0.25, -0.2) is 4.79 Å². The van der Waals surface area contributed by atoms with E-state index in [1.165, 1.54) is 0 Å². The van der Waals surface area contributed by atoms with Crippen molar-refractivity contribution in [2.24, 2.45) is 29.6 Å². The Kier molecular flexibility index (Phi) is 4.21. The Labute approximate surface area is 134 Å². The van der Waals surface area contributed by atoms with Crippen LogP contribution in [0.1, 0.15) is 26.7 Å². The molecule has 3 fully saturated rings. The first-order chi connectivity index (χ1) is 10.9. The third-order valence-electron chi connectivity index (χ3n) is 5.65. The zero-order valence-corrected chi connectivity index (χ0v) is 13.4. The molecule has 6 atom stereocenters. The van der Waals surface area contributed by atoms with Crippen molar-refractivity contribution in [1.29, 1.82) is 0 Å². The number of fused-ring (bicyclic) bond motifs is 2. The van der Waals surface area contributed by atoms with E-state index in [1.807, 2.05) is 0 Å². The number of carbonyl (C=O) groups excluding carboxylic acids is 2.